The van der Waals surface area contributed by atoms with Gasteiger partial charge in [0.15, 0.2) is 0 Å². The third kappa shape index (κ3) is 4.16. The van der Waals surface area contributed by atoms with Crippen LogP contribution >= 0.6 is 0 Å². The fraction of sp³-hybridized carbons (Fsp3) is 0.600. The van der Waals surface area contributed by atoms with Gasteiger partial charge in [-0.1, -0.05) is 19.3 Å². The second-order valence-electron chi connectivity index (χ2n) is 9.69. The summed E-state index contributed by atoms with van der Waals surface area (Å²) in [4.78, 5) is 31.4. The summed E-state index contributed by atoms with van der Waals surface area (Å²) in [5.41, 5.74) is 0.316. The molecule has 1 aromatic heterocycles. The quantitative estimate of drug-likeness (QED) is 0.693. The largest absolute Gasteiger partial charge is 0.496 e. The van der Waals surface area contributed by atoms with Crippen LogP contribution in [0.25, 0.3) is 10.9 Å². The Morgan fingerprint density at radius 1 is 1.15 bits per heavy atom. The molecule has 8 nitrogen and oxygen atoms in total. The molecule has 180 valence electrons. The Bertz CT molecular complexity index is 1040. The van der Waals surface area contributed by atoms with E-state index in [0.717, 1.165) is 36.6 Å². The molecule has 1 N–H and O–H groups in total. The number of carbonyl (C=O) groups is 2. The van der Waals surface area contributed by atoms with Gasteiger partial charge < -0.3 is 29.2 Å². The predicted octanol–water partition coefficient (Wildman–Crippen LogP) is 2.88. The molecule has 1 atom stereocenters. The molecule has 2 aliphatic rings. The summed E-state index contributed by atoms with van der Waals surface area (Å²) in [5.74, 6) is 1.09. The minimum Gasteiger partial charge on any atom is -0.496 e. The Morgan fingerprint density at radius 2 is 1.82 bits per heavy atom. The van der Waals surface area contributed by atoms with Gasteiger partial charge in [0.05, 0.1) is 26.3 Å². The van der Waals surface area contributed by atoms with E-state index < -0.39 is 5.54 Å². The maximum Gasteiger partial charge on any atom is 0.271 e. The molecule has 4 rings (SSSR count). The molecule has 1 fully saturated rings. The number of carbonyl (C=O) groups excluding carboxylic acids is 2. The molecule has 2 aromatic rings. The Kier molecular flexibility index (Phi) is 6.56. The number of likely N-dealkylation sites (N-methyl/N-ethyl adjacent to an activating group) is 1. The highest BCUT2D eigenvalue weighted by molar-refractivity contribution is 6.05. The summed E-state index contributed by atoms with van der Waals surface area (Å²) in [5, 5.41) is 4.08. The first-order valence-electron chi connectivity index (χ1n) is 11.8. The average Bonchev–Trinajstić information content (AvgIpc) is 3.18. The van der Waals surface area contributed by atoms with E-state index in [0.29, 0.717) is 36.8 Å². The Balaban J connectivity index is 1.79. The summed E-state index contributed by atoms with van der Waals surface area (Å²) >= 11 is 0. The number of nitrogens with one attached hydrogen (secondary N) is 1. The van der Waals surface area contributed by atoms with E-state index in [4.69, 9.17) is 9.47 Å². The van der Waals surface area contributed by atoms with Crippen LogP contribution in [0.5, 0.6) is 11.5 Å². The van der Waals surface area contributed by atoms with Crippen molar-refractivity contribution in [3.63, 3.8) is 0 Å². The van der Waals surface area contributed by atoms with E-state index in [1.165, 1.54) is 6.42 Å². The number of hydrogen-bond acceptors (Lipinski definition) is 5. The van der Waals surface area contributed by atoms with Crippen LogP contribution in [0.3, 0.4) is 0 Å². The van der Waals surface area contributed by atoms with Crippen LogP contribution in [0.2, 0.25) is 0 Å². The molecule has 1 saturated carbocycles. The van der Waals surface area contributed by atoms with Crippen molar-refractivity contribution < 1.29 is 19.1 Å². The van der Waals surface area contributed by atoms with Crippen LogP contribution in [-0.2, 0) is 11.3 Å². The van der Waals surface area contributed by atoms with E-state index in [9.17, 15) is 9.59 Å². The van der Waals surface area contributed by atoms with E-state index in [-0.39, 0.29) is 17.9 Å². The van der Waals surface area contributed by atoms with Crippen molar-refractivity contribution in [2.45, 2.75) is 57.2 Å². The van der Waals surface area contributed by atoms with Gasteiger partial charge >= 0.3 is 0 Å². The molecule has 1 aromatic carbocycles. The molecule has 0 saturated heterocycles. The molecule has 1 unspecified atom stereocenters. The zero-order valence-electron chi connectivity index (χ0n) is 20.4. The minimum atomic E-state index is -1.02. The molecule has 2 heterocycles. The van der Waals surface area contributed by atoms with Gasteiger partial charge in [-0.2, -0.15) is 0 Å². The number of ether oxygens (including phenoxy) is 2. The van der Waals surface area contributed by atoms with Crippen molar-refractivity contribution in [1.82, 2.24) is 19.7 Å². The smallest absolute Gasteiger partial charge is 0.271 e. The number of fused-ring (bicyclic) bond motifs is 3. The summed E-state index contributed by atoms with van der Waals surface area (Å²) in [7, 11) is 7.18. The zero-order chi connectivity index (χ0) is 23.8. The first-order chi connectivity index (χ1) is 15.8. The third-order valence-corrected chi connectivity index (χ3v) is 7.15. The van der Waals surface area contributed by atoms with Gasteiger partial charge in [0.1, 0.15) is 22.7 Å². The molecule has 0 spiro atoms. The van der Waals surface area contributed by atoms with Gasteiger partial charge in [0, 0.05) is 24.5 Å². The van der Waals surface area contributed by atoms with Gasteiger partial charge in [-0.3, -0.25) is 9.59 Å². The highest BCUT2D eigenvalue weighted by atomic mass is 16.5. The van der Waals surface area contributed by atoms with Gasteiger partial charge in [-0.05, 0) is 52.1 Å². The molecule has 1 aliphatic carbocycles. The Morgan fingerprint density at radius 3 is 2.45 bits per heavy atom. The van der Waals surface area contributed by atoms with Crippen LogP contribution in [0, 0.1) is 0 Å². The normalized spacial score (nSPS) is 21.4. The van der Waals surface area contributed by atoms with E-state index >= 15 is 0 Å². The maximum absolute atomic E-state index is 13.8. The van der Waals surface area contributed by atoms with Crippen LogP contribution in [0.4, 0.5) is 0 Å². The van der Waals surface area contributed by atoms with Gasteiger partial charge in [0.2, 0.25) is 5.91 Å². The highest BCUT2D eigenvalue weighted by Crippen LogP contribution is 2.40. The van der Waals surface area contributed by atoms with Crippen LogP contribution in [0.1, 0.15) is 49.5 Å². The first-order valence-corrected chi connectivity index (χ1v) is 11.8. The fourth-order valence-electron chi connectivity index (χ4n) is 5.19. The number of amides is 2. The number of nitrogens with zero attached hydrogens (tertiary/aromatic N) is 3. The Hall–Kier alpha value is -2.74. The monoisotopic (exact) mass is 456 g/mol. The van der Waals surface area contributed by atoms with E-state index in [2.05, 4.69) is 5.32 Å². The summed E-state index contributed by atoms with van der Waals surface area (Å²) < 4.78 is 13.1. The van der Waals surface area contributed by atoms with Crippen LogP contribution in [-0.4, -0.2) is 79.2 Å². The van der Waals surface area contributed by atoms with Crippen molar-refractivity contribution in [3.05, 3.63) is 23.9 Å². The lowest BCUT2D eigenvalue weighted by Gasteiger charge is -2.45. The zero-order valence-corrected chi connectivity index (χ0v) is 20.4. The van der Waals surface area contributed by atoms with Crippen molar-refractivity contribution in [1.29, 1.82) is 0 Å². The van der Waals surface area contributed by atoms with Crippen LogP contribution < -0.4 is 14.8 Å². The Labute approximate surface area is 195 Å². The summed E-state index contributed by atoms with van der Waals surface area (Å²) in [6.45, 7) is 3.38. The lowest BCUT2D eigenvalue weighted by Crippen LogP contribution is -2.65. The van der Waals surface area contributed by atoms with E-state index in [1.807, 2.05) is 48.7 Å². The average molecular weight is 457 g/mol. The van der Waals surface area contributed by atoms with Gasteiger partial charge in [-0.25, -0.2) is 0 Å². The standard InChI is InChI=1S/C25H36N4O4/c1-25(24(31)26-17-9-7-6-8-10-17)16-28-19(23(30)29(25)14-13-27(2)3)15-18-20(32-4)11-12-21(33-5)22(18)28/h11-12,15,17H,6-10,13-14,16H2,1-5H3,(H,26,31). The number of benzene rings is 1. The van der Waals surface area contributed by atoms with E-state index in [1.54, 1.807) is 19.1 Å². The lowest BCUT2D eigenvalue weighted by atomic mass is 9.91. The number of rotatable bonds is 7. The molecule has 8 heteroatoms. The lowest BCUT2D eigenvalue weighted by molar-refractivity contribution is -0.133. The summed E-state index contributed by atoms with van der Waals surface area (Å²) in [6.07, 6.45) is 5.48. The molecular weight excluding hydrogens is 420 g/mol. The number of hydrogen-bond donors (Lipinski definition) is 1. The van der Waals surface area contributed by atoms with Crippen molar-refractivity contribution in [3.8, 4) is 11.5 Å². The molecule has 2 amide bonds. The molecule has 0 bridgehead atoms. The second kappa shape index (κ2) is 9.25. The SMILES string of the molecule is COc1ccc(OC)c2c1cc1n2CC(C)(C(=O)NC2CCCCC2)N(CCN(C)C)C1=O. The third-order valence-electron chi connectivity index (χ3n) is 7.15. The van der Waals surface area contributed by atoms with Crippen molar-refractivity contribution in [2.75, 3.05) is 41.4 Å². The fourth-order valence-corrected chi connectivity index (χ4v) is 5.19. The number of aromatic nitrogens is 1. The summed E-state index contributed by atoms with van der Waals surface area (Å²) in [6, 6.07) is 5.72. The molecule has 33 heavy (non-hydrogen) atoms. The highest BCUT2D eigenvalue weighted by Gasteiger charge is 2.48. The topological polar surface area (TPSA) is 76.0 Å². The van der Waals surface area contributed by atoms with Crippen LogP contribution in [0.15, 0.2) is 18.2 Å². The molecular formula is C25H36N4O4. The first kappa shape index (κ1) is 23.4. The molecule has 1 aliphatic heterocycles. The molecule has 0 radical (unpaired) electrons. The van der Waals surface area contributed by atoms with Crippen molar-refractivity contribution in [2.24, 2.45) is 0 Å². The number of methoxy groups -OCH3 is 2. The predicted molar refractivity (Wildman–Crippen MR) is 128 cm³/mol. The van der Waals surface area contributed by atoms with Gasteiger partial charge in [0.25, 0.3) is 5.91 Å². The maximum atomic E-state index is 13.8. The second-order valence-corrected chi connectivity index (χ2v) is 9.69. The minimum absolute atomic E-state index is 0.0872. The van der Waals surface area contributed by atoms with Gasteiger partial charge in [-0.15, -0.1) is 0 Å². The van der Waals surface area contributed by atoms with Crippen molar-refractivity contribution >= 4 is 22.7 Å².